The molecule has 1 rings (SSSR count). The molecular formula is C10H17N3O2S. The highest BCUT2D eigenvalue weighted by Crippen LogP contribution is 2.15. The van der Waals surface area contributed by atoms with Gasteiger partial charge in [0.1, 0.15) is 15.7 Å². The van der Waals surface area contributed by atoms with Crippen molar-refractivity contribution in [2.24, 2.45) is 0 Å². The van der Waals surface area contributed by atoms with Gasteiger partial charge >= 0.3 is 0 Å². The number of rotatable bonds is 5. The highest BCUT2D eigenvalue weighted by molar-refractivity contribution is 7.90. The normalized spacial score (nSPS) is 11.4. The molecule has 0 radical (unpaired) electrons. The van der Waals surface area contributed by atoms with E-state index in [1.807, 2.05) is 13.0 Å². The molecule has 0 aliphatic heterocycles. The number of sulfone groups is 1. The van der Waals surface area contributed by atoms with Gasteiger partial charge in [-0.1, -0.05) is 0 Å². The second-order valence-electron chi connectivity index (χ2n) is 3.86. The average molecular weight is 243 g/mol. The van der Waals surface area contributed by atoms with Crippen LogP contribution in [-0.2, 0) is 9.84 Å². The van der Waals surface area contributed by atoms with E-state index in [1.54, 1.807) is 6.20 Å². The smallest absolute Gasteiger partial charge is 0.149 e. The number of hydrogen-bond donors (Lipinski definition) is 2. The monoisotopic (exact) mass is 243 g/mol. The summed E-state index contributed by atoms with van der Waals surface area (Å²) < 4.78 is 21.8. The number of aromatic nitrogens is 1. The largest absolute Gasteiger partial charge is 0.396 e. The van der Waals surface area contributed by atoms with E-state index in [-0.39, 0.29) is 5.75 Å². The zero-order chi connectivity index (χ0) is 12.2. The van der Waals surface area contributed by atoms with Crippen molar-refractivity contribution in [3.8, 4) is 0 Å². The van der Waals surface area contributed by atoms with Crippen LogP contribution in [0.15, 0.2) is 12.3 Å². The average Bonchev–Trinajstić information content (AvgIpc) is 2.13. The van der Waals surface area contributed by atoms with E-state index in [2.05, 4.69) is 10.3 Å². The fourth-order valence-electron chi connectivity index (χ4n) is 1.28. The fraction of sp³-hybridized carbons (Fsp3) is 0.500. The highest BCUT2D eigenvalue weighted by atomic mass is 32.2. The molecule has 1 heterocycles. The fourth-order valence-corrected chi connectivity index (χ4v) is 1.95. The summed E-state index contributed by atoms with van der Waals surface area (Å²) in [5.41, 5.74) is 7.33. The van der Waals surface area contributed by atoms with Crippen LogP contribution in [0.3, 0.4) is 0 Å². The van der Waals surface area contributed by atoms with Gasteiger partial charge in [0.05, 0.1) is 11.4 Å². The van der Waals surface area contributed by atoms with E-state index in [0.29, 0.717) is 24.5 Å². The third-order valence-corrected chi connectivity index (χ3v) is 3.07. The van der Waals surface area contributed by atoms with Gasteiger partial charge in [0.2, 0.25) is 0 Å². The molecule has 0 atom stereocenters. The van der Waals surface area contributed by atoms with Gasteiger partial charge in [0.25, 0.3) is 0 Å². The van der Waals surface area contributed by atoms with Gasteiger partial charge in [0.15, 0.2) is 0 Å². The second-order valence-corrected chi connectivity index (χ2v) is 6.12. The maximum absolute atomic E-state index is 10.9. The van der Waals surface area contributed by atoms with Crippen molar-refractivity contribution in [3.05, 3.63) is 17.8 Å². The molecular weight excluding hydrogens is 226 g/mol. The lowest BCUT2D eigenvalue weighted by Crippen LogP contribution is -2.11. The van der Waals surface area contributed by atoms with Gasteiger partial charge in [-0.2, -0.15) is 0 Å². The molecule has 0 aromatic carbocycles. The first-order chi connectivity index (χ1) is 7.38. The van der Waals surface area contributed by atoms with Crippen molar-refractivity contribution in [1.82, 2.24) is 4.98 Å². The summed E-state index contributed by atoms with van der Waals surface area (Å²) in [6, 6.07) is 1.83. The first-order valence-electron chi connectivity index (χ1n) is 5.02. The summed E-state index contributed by atoms with van der Waals surface area (Å²) in [7, 11) is -2.89. The van der Waals surface area contributed by atoms with Gasteiger partial charge in [-0.05, 0) is 25.0 Å². The van der Waals surface area contributed by atoms with Gasteiger partial charge in [-0.15, -0.1) is 0 Å². The lowest BCUT2D eigenvalue weighted by molar-refractivity contribution is 0.600. The summed E-state index contributed by atoms with van der Waals surface area (Å²) >= 11 is 0. The molecule has 0 fully saturated rings. The molecule has 1 aromatic rings. The van der Waals surface area contributed by atoms with Crippen LogP contribution in [0.25, 0.3) is 0 Å². The second kappa shape index (κ2) is 5.16. The molecule has 5 nitrogen and oxygen atoms in total. The van der Waals surface area contributed by atoms with Gasteiger partial charge < -0.3 is 11.1 Å². The minimum Gasteiger partial charge on any atom is -0.396 e. The van der Waals surface area contributed by atoms with Crippen LogP contribution < -0.4 is 11.1 Å². The molecule has 0 spiro atoms. The quantitative estimate of drug-likeness (QED) is 0.748. The van der Waals surface area contributed by atoms with Crippen LogP contribution in [0.5, 0.6) is 0 Å². The number of hydrogen-bond acceptors (Lipinski definition) is 5. The summed E-state index contributed by atoms with van der Waals surface area (Å²) in [4.78, 5) is 4.13. The van der Waals surface area contributed by atoms with E-state index in [1.165, 1.54) is 6.26 Å². The number of aryl methyl sites for hydroxylation is 1. The number of nitrogen functional groups attached to an aromatic ring is 1. The highest BCUT2D eigenvalue weighted by Gasteiger charge is 2.03. The Balaban J connectivity index is 2.43. The van der Waals surface area contributed by atoms with E-state index < -0.39 is 9.84 Å². The van der Waals surface area contributed by atoms with Crippen molar-refractivity contribution >= 4 is 21.3 Å². The minimum absolute atomic E-state index is 0.172. The predicted octanol–water partition coefficient (Wildman–Crippen LogP) is 0.819. The van der Waals surface area contributed by atoms with Gasteiger partial charge in [-0.25, -0.2) is 13.4 Å². The van der Waals surface area contributed by atoms with E-state index >= 15 is 0 Å². The Morgan fingerprint density at radius 1 is 1.50 bits per heavy atom. The number of anilines is 2. The van der Waals surface area contributed by atoms with Crippen molar-refractivity contribution in [3.63, 3.8) is 0 Å². The van der Waals surface area contributed by atoms with Crippen LogP contribution in [0, 0.1) is 6.92 Å². The number of nitrogens with zero attached hydrogens (tertiary/aromatic N) is 1. The number of nitrogens with one attached hydrogen (secondary N) is 1. The van der Waals surface area contributed by atoms with E-state index in [4.69, 9.17) is 5.73 Å². The Morgan fingerprint density at radius 3 is 2.75 bits per heavy atom. The first kappa shape index (κ1) is 12.8. The third-order valence-electron chi connectivity index (χ3n) is 2.04. The third kappa shape index (κ3) is 4.48. The van der Waals surface area contributed by atoms with Crippen LogP contribution in [0.2, 0.25) is 0 Å². The molecule has 0 aliphatic carbocycles. The zero-order valence-corrected chi connectivity index (χ0v) is 10.3. The SMILES string of the molecule is Cc1cnc(NCCCS(C)(=O)=O)c(N)c1. The molecule has 0 aliphatic rings. The Labute approximate surface area is 96.0 Å². The molecule has 1 aromatic heterocycles. The van der Waals surface area contributed by atoms with Gasteiger partial charge in [-0.3, -0.25) is 0 Å². The van der Waals surface area contributed by atoms with Crippen molar-refractivity contribution in [2.75, 3.05) is 29.6 Å². The Hall–Kier alpha value is -1.30. The number of pyridine rings is 1. The summed E-state index contributed by atoms with van der Waals surface area (Å²) in [6.45, 7) is 2.46. The van der Waals surface area contributed by atoms with E-state index in [0.717, 1.165) is 5.56 Å². The lowest BCUT2D eigenvalue weighted by Gasteiger charge is -2.08. The van der Waals surface area contributed by atoms with Crippen molar-refractivity contribution in [1.29, 1.82) is 0 Å². The van der Waals surface area contributed by atoms with Crippen LogP contribution >= 0.6 is 0 Å². The topological polar surface area (TPSA) is 85.1 Å². The molecule has 6 heteroatoms. The maximum Gasteiger partial charge on any atom is 0.149 e. The molecule has 90 valence electrons. The molecule has 0 saturated heterocycles. The Kier molecular flexibility index (Phi) is 4.12. The van der Waals surface area contributed by atoms with E-state index in [9.17, 15) is 8.42 Å². The Bertz CT molecular complexity index is 457. The summed E-state index contributed by atoms with van der Waals surface area (Å²) in [5.74, 6) is 0.783. The molecule has 0 unspecified atom stereocenters. The summed E-state index contributed by atoms with van der Waals surface area (Å²) in [6.07, 6.45) is 3.49. The van der Waals surface area contributed by atoms with Crippen LogP contribution in [0.4, 0.5) is 11.5 Å². The maximum atomic E-state index is 10.9. The Morgan fingerprint density at radius 2 is 2.19 bits per heavy atom. The lowest BCUT2D eigenvalue weighted by atomic mass is 10.3. The number of nitrogens with two attached hydrogens (primary N) is 1. The zero-order valence-electron chi connectivity index (χ0n) is 9.53. The molecule has 3 N–H and O–H groups in total. The van der Waals surface area contributed by atoms with Crippen LogP contribution in [0.1, 0.15) is 12.0 Å². The van der Waals surface area contributed by atoms with Crippen molar-refractivity contribution < 1.29 is 8.42 Å². The first-order valence-corrected chi connectivity index (χ1v) is 7.08. The van der Waals surface area contributed by atoms with Crippen LogP contribution in [-0.4, -0.2) is 32.0 Å². The summed E-state index contributed by atoms with van der Waals surface area (Å²) in [5, 5.41) is 3.01. The molecule has 0 saturated carbocycles. The standard InChI is InChI=1S/C10H17N3O2S/c1-8-6-9(11)10(13-7-8)12-4-3-5-16(2,14)15/h6-7H,3-5,11H2,1-2H3,(H,12,13). The molecule has 0 bridgehead atoms. The molecule has 16 heavy (non-hydrogen) atoms. The minimum atomic E-state index is -2.89. The van der Waals surface area contributed by atoms with Crippen molar-refractivity contribution in [2.45, 2.75) is 13.3 Å². The van der Waals surface area contributed by atoms with Gasteiger partial charge in [0, 0.05) is 19.0 Å². The molecule has 0 amide bonds. The predicted molar refractivity (Wildman–Crippen MR) is 66.2 cm³/mol.